The van der Waals surface area contributed by atoms with Crippen LogP contribution in [-0.2, 0) is 19.1 Å². The molecule has 5 rings (SSSR count). The number of nitrogens with one attached hydrogen (secondary N) is 2. The van der Waals surface area contributed by atoms with Crippen LogP contribution < -0.4 is 10.6 Å². The van der Waals surface area contributed by atoms with Crippen LogP contribution in [0.3, 0.4) is 0 Å². The van der Waals surface area contributed by atoms with Gasteiger partial charge in [-0.15, -0.1) is 0 Å². The minimum atomic E-state index is -1.13. The first-order valence-electron chi connectivity index (χ1n) is 14.1. The lowest BCUT2D eigenvalue weighted by molar-refractivity contribution is -0.141. The van der Waals surface area contributed by atoms with Crippen molar-refractivity contribution in [3.05, 3.63) is 41.4 Å². The van der Waals surface area contributed by atoms with Crippen molar-refractivity contribution in [3.63, 3.8) is 0 Å². The van der Waals surface area contributed by atoms with Gasteiger partial charge in [0.15, 0.2) is 0 Å². The second kappa shape index (κ2) is 11.4. The third kappa shape index (κ3) is 4.98. The fourth-order valence-corrected chi connectivity index (χ4v) is 7.02. The number of benzene rings is 1. The Morgan fingerprint density at radius 3 is 2.63 bits per heavy atom. The maximum absolute atomic E-state index is 14.0. The Morgan fingerprint density at radius 2 is 1.92 bits per heavy atom. The molecule has 2 N–H and O–H groups in total. The van der Waals surface area contributed by atoms with Gasteiger partial charge in [0.1, 0.15) is 11.6 Å². The molecule has 2 saturated heterocycles. The van der Waals surface area contributed by atoms with Crippen molar-refractivity contribution < 1.29 is 19.1 Å². The molecule has 4 aliphatic rings. The number of hydrogen-bond donors (Lipinski definition) is 2. The van der Waals surface area contributed by atoms with Crippen molar-refractivity contribution in [2.75, 3.05) is 31.5 Å². The molecule has 1 aliphatic carbocycles. The minimum Gasteiger partial charge on any atom is -0.359 e. The van der Waals surface area contributed by atoms with Gasteiger partial charge in [-0.1, -0.05) is 62.9 Å². The highest BCUT2D eigenvalue weighted by Crippen LogP contribution is 2.55. The van der Waals surface area contributed by atoms with Crippen molar-refractivity contribution in [1.29, 1.82) is 0 Å². The van der Waals surface area contributed by atoms with Gasteiger partial charge in [-0.05, 0) is 57.1 Å². The zero-order valence-corrected chi connectivity index (χ0v) is 23.1. The molecular formula is C29H39ClN4O4. The first-order chi connectivity index (χ1) is 18.4. The number of anilines is 1. The molecule has 9 heteroatoms. The number of carbonyl (C=O) groups is 3. The second-order valence-corrected chi connectivity index (χ2v) is 11.4. The molecule has 0 unspecified atom stereocenters. The molecule has 38 heavy (non-hydrogen) atoms. The SMILES string of the molecule is CCN(CC)CCCN1C(=O)[C@H]2[C@H](C(=O)Nc3cccc(Cl)c3)[C@H]3C=C[C@@]2(O3)[C@@H]1C(=O)NC1CCCCC1. The molecule has 2 bridgehead atoms. The predicted octanol–water partition coefficient (Wildman–Crippen LogP) is 3.61. The van der Waals surface area contributed by atoms with E-state index in [0.717, 1.165) is 51.7 Å². The first-order valence-corrected chi connectivity index (χ1v) is 14.5. The maximum Gasteiger partial charge on any atom is 0.246 e. The summed E-state index contributed by atoms with van der Waals surface area (Å²) in [6.45, 7) is 7.39. The standard InChI is InChI=1S/C29H39ClN4O4/c1-3-33(4-2)16-9-17-34-25(27(36)31-20-11-6-5-7-12-20)29-15-14-22(38-29)23(24(29)28(34)37)26(35)32-21-13-8-10-19(30)18-21/h8,10,13-15,18,20,22-25H,3-7,9,11-12,16-17H2,1-2H3,(H,31,36)(H,32,35)/t22-,23-,24-,25+,29+/m1/s1. The summed E-state index contributed by atoms with van der Waals surface area (Å²) in [5, 5.41) is 6.68. The summed E-state index contributed by atoms with van der Waals surface area (Å²) in [6, 6.07) is 6.27. The highest BCUT2D eigenvalue weighted by molar-refractivity contribution is 6.30. The molecular weight excluding hydrogens is 504 g/mol. The predicted molar refractivity (Wildman–Crippen MR) is 147 cm³/mol. The average molecular weight is 543 g/mol. The van der Waals surface area contributed by atoms with Crippen LogP contribution in [0.25, 0.3) is 0 Å². The van der Waals surface area contributed by atoms with Crippen molar-refractivity contribution in [3.8, 4) is 0 Å². The summed E-state index contributed by atoms with van der Waals surface area (Å²) in [5.41, 5.74) is -0.567. The van der Waals surface area contributed by atoms with E-state index in [1.54, 1.807) is 29.2 Å². The number of hydrogen-bond acceptors (Lipinski definition) is 5. The monoisotopic (exact) mass is 542 g/mol. The molecule has 206 valence electrons. The third-order valence-corrected chi connectivity index (χ3v) is 8.97. The molecule has 8 nitrogen and oxygen atoms in total. The number of halogens is 1. The fourth-order valence-electron chi connectivity index (χ4n) is 6.83. The summed E-state index contributed by atoms with van der Waals surface area (Å²) >= 11 is 6.11. The average Bonchev–Trinajstić information content (AvgIpc) is 3.54. The molecule has 1 spiro atoms. The van der Waals surface area contributed by atoms with Crippen LogP contribution >= 0.6 is 11.6 Å². The summed E-state index contributed by atoms with van der Waals surface area (Å²) < 4.78 is 6.44. The smallest absolute Gasteiger partial charge is 0.246 e. The summed E-state index contributed by atoms with van der Waals surface area (Å²) in [6.07, 6.45) is 9.21. The van der Waals surface area contributed by atoms with E-state index in [2.05, 4.69) is 29.4 Å². The lowest BCUT2D eigenvalue weighted by Crippen LogP contribution is -2.56. The molecule has 3 amide bonds. The molecule has 3 heterocycles. The fraction of sp³-hybridized carbons (Fsp3) is 0.621. The number of amides is 3. The van der Waals surface area contributed by atoms with Crippen LogP contribution in [0.5, 0.6) is 0 Å². The van der Waals surface area contributed by atoms with E-state index in [-0.39, 0.29) is 23.8 Å². The van der Waals surface area contributed by atoms with E-state index in [4.69, 9.17) is 16.3 Å². The Bertz CT molecular complexity index is 1090. The molecule has 3 fully saturated rings. The summed E-state index contributed by atoms with van der Waals surface area (Å²) in [7, 11) is 0. The molecule has 1 aromatic rings. The zero-order chi connectivity index (χ0) is 26.9. The van der Waals surface area contributed by atoms with Crippen LogP contribution in [0, 0.1) is 11.8 Å². The van der Waals surface area contributed by atoms with Crippen LogP contribution in [0.2, 0.25) is 5.02 Å². The highest BCUT2D eigenvalue weighted by atomic mass is 35.5. The van der Waals surface area contributed by atoms with E-state index in [1.165, 1.54) is 6.42 Å². The lowest BCUT2D eigenvalue weighted by atomic mass is 9.74. The molecule has 3 aliphatic heterocycles. The molecule has 1 saturated carbocycles. The number of carbonyl (C=O) groups excluding carboxylic acids is 3. The molecule has 0 radical (unpaired) electrons. The topological polar surface area (TPSA) is 91.0 Å². The number of fused-ring (bicyclic) bond motifs is 1. The molecule has 5 atom stereocenters. The number of ether oxygens (including phenoxy) is 1. The number of likely N-dealkylation sites (tertiary alicyclic amines) is 1. The van der Waals surface area contributed by atoms with Crippen molar-refractivity contribution >= 4 is 35.0 Å². The Kier molecular flexibility index (Phi) is 8.12. The van der Waals surface area contributed by atoms with E-state index in [9.17, 15) is 14.4 Å². The molecule has 0 aromatic heterocycles. The van der Waals surface area contributed by atoms with Crippen molar-refractivity contribution in [2.45, 2.75) is 76.2 Å². The van der Waals surface area contributed by atoms with Crippen LogP contribution in [-0.4, -0.2) is 77.5 Å². The van der Waals surface area contributed by atoms with Gasteiger partial charge in [-0.25, -0.2) is 0 Å². The first kappa shape index (κ1) is 27.2. The van der Waals surface area contributed by atoms with Gasteiger partial charge in [0, 0.05) is 23.3 Å². The van der Waals surface area contributed by atoms with Gasteiger partial charge in [0.25, 0.3) is 0 Å². The van der Waals surface area contributed by atoms with E-state index in [1.807, 2.05) is 12.2 Å². The van der Waals surface area contributed by atoms with Gasteiger partial charge in [0.05, 0.1) is 17.9 Å². The lowest BCUT2D eigenvalue weighted by Gasteiger charge is -2.34. The molecule has 1 aromatic carbocycles. The maximum atomic E-state index is 14.0. The Labute approximate surface area is 230 Å². The Balaban J connectivity index is 1.40. The van der Waals surface area contributed by atoms with Gasteiger partial charge < -0.3 is 25.2 Å². The van der Waals surface area contributed by atoms with Gasteiger partial charge in [-0.3, -0.25) is 14.4 Å². The van der Waals surface area contributed by atoms with Crippen LogP contribution in [0.15, 0.2) is 36.4 Å². The minimum absolute atomic E-state index is 0.115. The van der Waals surface area contributed by atoms with Gasteiger partial charge in [-0.2, -0.15) is 0 Å². The van der Waals surface area contributed by atoms with E-state index < -0.39 is 29.6 Å². The third-order valence-electron chi connectivity index (χ3n) is 8.74. The van der Waals surface area contributed by atoms with Crippen molar-refractivity contribution in [2.24, 2.45) is 11.8 Å². The van der Waals surface area contributed by atoms with Gasteiger partial charge >= 0.3 is 0 Å². The van der Waals surface area contributed by atoms with Crippen LogP contribution in [0.4, 0.5) is 5.69 Å². The van der Waals surface area contributed by atoms with Crippen LogP contribution in [0.1, 0.15) is 52.4 Å². The van der Waals surface area contributed by atoms with Gasteiger partial charge in [0.2, 0.25) is 17.7 Å². The Morgan fingerprint density at radius 1 is 1.16 bits per heavy atom. The second-order valence-electron chi connectivity index (χ2n) is 11.0. The largest absolute Gasteiger partial charge is 0.359 e. The summed E-state index contributed by atoms with van der Waals surface area (Å²) in [4.78, 5) is 45.4. The highest BCUT2D eigenvalue weighted by Gasteiger charge is 2.72. The number of rotatable bonds is 10. The van der Waals surface area contributed by atoms with E-state index >= 15 is 0 Å². The normalized spacial score (nSPS) is 30.2. The quantitative estimate of drug-likeness (QED) is 0.441. The Hall–Kier alpha value is -2.42. The van der Waals surface area contributed by atoms with Crippen molar-refractivity contribution in [1.82, 2.24) is 15.1 Å². The van der Waals surface area contributed by atoms with E-state index in [0.29, 0.717) is 17.3 Å². The summed E-state index contributed by atoms with van der Waals surface area (Å²) in [5.74, 6) is -2.10. The zero-order valence-electron chi connectivity index (χ0n) is 22.3. The number of nitrogens with zero attached hydrogens (tertiary/aromatic N) is 2.